The lowest BCUT2D eigenvalue weighted by Crippen LogP contribution is -2.34. The maximum atomic E-state index is 13.0. The normalized spacial score (nSPS) is 15.7. The van der Waals surface area contributed by atoms with Crippen molar-refractivity contribution in [3.8, 4) is 5.75 Å². The topological polar surface area (TPSA) is 49.3 Å². The van der Waals surface area contributed by atoms with Gasteiger partial charge in [0.05, 0.1) is 5.54 Å². The smallest absolute Gasteiger partial charge is 0.252 e. The van der Waals surface area contributed by atoms with Gasteiger partial charge in [0.25, 0.3) is 5.91 Å². The van der Waals surface area contributed by atoms with Crippen LogP contribution in [0.2, 0.25) is 0 Å². The van der Waals surface area contributed by atoms with E-state index in [9.17, 15) is 14.3 Å². The molecule has 0 saturated heterocycles. The van der Waals surface area contributed by atoms with Crippen LogP contribution in [0.15, 0.2) is 48.5 Å². The lowest BCUT2D eigenvalue weighted by Gasteiger charge is -2.18. The van der Waals surface area contributed by atoms with Gasteiger partial charge in [-0.3, -0.25) is 4.79 Å². The fraction of sp³-hybridized carbons (Fsp3) is 0.188. The fourth-order valence-electron chi connectivity index (χ4n) is 2.32. The number of hydrogen-bond donors (Lipinski definition) is 2. The molecule has 102 valence electrons. The van der Waals surface area contributed by atoms with E-state index in [0.29, 0.717) is 5.56 Å². The Morgan fingerprint density at radius 1 is 1.15 bits per heavy atom. The van der Waals surface area contributed by atoms with Crippen molar-refractivity contribution in [3.63, 3.8) is 0 Å². The highest BCUT2D eigenvalue weighted by molar-refractivity contribution is 5.95. The van der Waals surface area contributed by atoms with Crippen molar-refractivity contribution in [2.24, 2.45) is 0 Å². The average Bonchev–Trinajstić information content (AvgIpc) is 3.20. The lowest BCUT2D eigenvalue weighted by molar-refractivity contribution is 0.0930. The first-order chi connectivity index (χ1) is 9.59. The number of benzene rings is 2. The third kappa shape index (κ3) is 2.37. The Morgan fingerprint density at radius 2 is 1.85 bits per heavy atom. The maximum Gasteiger partial charge on any atom is 0.252 e. The Bertz CT molecular complexity index is 648. The summed E-state index contributed by atoms with van der Waals surface area (Å²) in [6.45, 7) is 0. The molecule has 1 aliphatic rings. The number of amides is 1. The first kappa shape index (κ1) is 12.7. The molecule has 1 amide bonds. The Balaban J connectivity index is 1.80. The molecule has 0 spiro atoms. The number of rotatable bonds is 3. The van der Waals surface area contributed by atoms with Crippen LogP contribution in [-0.2, 0) is 5.54 Å². The number of carbonyl (C=O) groups excluding carboxylic acids is 1. The molecule has 1 fully saturated rings. The summed E-state index contributed by atoms with van der Waals surface area (Å²) in [5, 5.41) is 12.4. The summed E-state index contributed by atoms with van der Waals surface area (Å²) in [7, 11) is 0. The van der Waals surface area contributed by atoms with Crippen LogP contribution >= 0.6 is 0 Å². The van der Waals surface area contributed by atoms with Crippen molar-refractivity contribution in [3.05, 3.63) is 65.5 Å². The van der Waals surface area contributed by atoms with E-state index in [1.54, 1.807) is 24.3 Å². The van der Waals surface area contributed by atoms with Gasteiger partial charge in [-0.1, -0.05) is 18.2 Å². The molecular formula is C16H14FNO2. The predicted octanol–water partition coefficient (Wildman–Crippen LogP) is 2.95. The molecular weight excluding hydrogens is 257 g/mol. The summed E-state index contributed by atoms with van der Waals surface area (Å²) < 4.78 is 13.0. The molecule has 20 heavy (non-hydrogen) atoms. The van der Waals surface area contributed by atoms with Gasteiger partial charge in [-0.25, -0.2) is 4.39 Å². The third-order valence-electron chi connectivity index (χ3n) is 3.61. The Labute approximate surface area is 116 Å². The Kier molecular flexibility index (Phi) is 2.93. The zero-order chi connectivity index (χ0) is 14.2. The van der Waals surface area contributed by atoms with Gasteiger partial charge in [-0.05, 0) is 48.7 Å². The molecule has 2 N–H and O–H groups in total. The zero-order valence-corrected chi connectivity index (χ0v) is 10.8. The molecule has 0 heterocycles. The van der Waals surface area contributed by atoms with Crippen LogP contribution in [-0.4, -0.2) is 11.0 Å². The van der Waals surface area contributed by atoms with Gasteiger partial charge in [0.1, 0.15) is 11.6 Å². The van der Waals surface area contributed by atoms with E-state index in [-0.39, 0.29) is 17.5 Å². The first-order valence-corrected chi connectivity index (χ1v) is 6.47. The minimum atomic E-state index is -0.393. The van der Waals surface area contributed by atoms with Crippen LogP contribution in [0.5, 0.6) is 5.75 Å². The van der Waals surface area contributed by atoms with Crippen molar-refractivity contribution in [2.75, 3.05) is 0 Å². The molecule has 3 rings (SSSR count). The van der Waals surface area contributed by atoms with Gasteiger partial charge in [0.15, 0.2) is 0 Å². The zero-order valence-electron chi connectivity index (χ0n) is 10.8. The Hall–Kier alpha value is -2.36. The second-order valence-corrected chi connectivity index (χ2v) is 5.09. The quantitative estimate of drug-likeness (QED) is 0.901. The largest absolute Gasteiger partial charge is 0.508 e. The number of carbonyl (C=O) groups is 1. The minimum absolute atomic E-state index is 0.0595. The summed E-state index contributed by atoms with van der Waals surface area (Å²) in [5.41, 5.74) is 0.932. The van der Waals surface area contributed by atoms with Crippen LogP contribution in [0, 0.1) is 5.82 Å². The SMILES string of the molecule is O=C(NC1(c2ccc(F)cc2)CC1)c1cccc(O)c1. The second kappa shape index (κ2) is 4.63. The van der Waals surface area contributed by atoms with Crippen LogP contribution in [0.1, 0.15) is 28.8 Å². The molecule has 2 aromatic rings. The number of hydrogen-bond acceptors (Lipinski definition) is 2. The van der Waals surface area contributed by atoms with Crippen molar-refractivity contribution in [2.45, 2.75) is 18.4 Å². The third-order valence-corrected chi connectivity index (χ3v) is 3.61. The Morgan fingerprint density at radius 3 is 2.45 bits per heavy atom. The van der Waals surface area contributed by atoms with Crippen LogP contribution < -0.4 is 5.32 Å². The number of phenolic OH excluding ortho intramolecular Hbond substituents is 1. The van der Waals surface area contributed by atoms with Crippen LogP contribution in [0.4, 0.5) is 4.39 Å². The van der Waals surface area contributed by atoms with E-state index < -0.39 is 5.54 Å². The van der Waals surface area contributed by atoms with E-state index >= 15 is 0 Å². The summed E-state index contributed by atoms with van der Waals surface area (Å²) in [4.78, 5) is 12.2. The van der Waals surface area contributed by atoms with E-state index in [0.717, 1.165) is 18.4 Å². The van der Waals surface area contributed by atoms with E-state index in [1.807, 2.05) is 0 Å². The van der Waals surface area contributed by atoms with Crippen molar-refractivity contribution < 1.29 is 14.3 Å². The molecule has 0 unspecified atom stereocenters. The number of nitrogens with one attached hydrogen (secondary N) is 1. The van der Waals surface area contributed by atoms with E-state index in [2.05, 4.69) is 5.32 Å². The van der Waals surface area contributed by atoms with E-state index in [4.69, 9.17) is 0 Å². The minimum Gasteiger partial charge on any atom is -0.508 e. The van der Waals surface area contributed by atoms with Crippen molar-refractivity contribution >= 4 is 5.91 Å². The predicted molar refractivity (Wildman–Crippen MR) is 72.9 cm³/mol. The van der Waals surface area contributed by atoms with E-state index in [1.165, 1.54) is 24.3 Å². The molecule has 1 saturated carbocycles. The number of halogens is 1. The summed E-state index contributed by atoms with van der Waals surface area (Å²) >= 11 is 0. The first-order valence-electron chi connectivity index (χ1n) is 6.47. The standard InChI is InChI=1S/C16H14FNO2/c17-13-6-4-12(5-7-13)16(8-9-16)18-15(20)11-2-1-3-14(19)10-11/h1-7,10,19H,8-9H2,(H,18,20). The summed E-state index contributed by atoms with van der Waals surface area (Å²) in [6.07, 6.45) is 1.67. The summed E-state index contributed by atoms with van der Waals surface area (Å²) in [5.74, 6) is -0.462. The maximum absolute atomic E-state index is 13.0. The van der Waals surface area contributed by atoms with Crippen LogP contribution in [0.25, 0.3) is 0 Å². The molecule has 0 aromatic heterocycles. The number of aromatic hydroxyl groups is 1. The van der Waals surface area contributed by atoms with Crippen molar-refractivity contribution in [1.29, 1.82) is 0 Å². The molecule has 0 atom stereocenters. The van der Waals surface area contributed by atoms with Crippen LogP contribution in [0.3, 0.4) is 0 Å². The second-order valence-electron chi connectivity index (χ2n) is 5.09. The molecule has 4 heteroatoms. The molecule has 1 aliphatic carbocycles. The van der Waals surface area contributed by atoms with Gasteiger partial charge in [-0.2, -0.15) is 0 Å². The molecule has 0 radical (unpaired) electrons. The van der Waals surface area contributed by atoms with Gasteiger partial charge in [0.2, 0.25) is 0 Å². The lowest BCUT2D eigenvalue weighted by atomic mass is 10.0. The highest BCUT2D eigenvalue weighted by atomic mass is 19.1. The van der Waals surface area contributed by atoms with Gasteiger partial charge in [0, 0.05) is 5.56 Å². The highest BCUT2D eigenvalue weighted by Gasteiger charge is 2.45. The van der Waals surface area contributed by atoms with Gasteiger partial charge < -0.3 is 10.4 Å². The highest BCUT2D eigenvalue weighted by Crippen LogP contribution is 2.45. The average molecular weight is 271 g/mol. The van der Waals surface area contributed by atoms with Crippen molar-refractivity contribution in [1.82, 2.24) is 5.32 Å². The van der Waals surface area contributed by atoms with Gasteiger partial charge in [-0.15, -0.1) is 0 Å². The molecule has 2 aromatic carbocycles. The van der Waals surface area contributed by atoms with Gasteiger partial charge >= 0.3 is 0 Å². The molecule has 3 nitrogen and oxygen atoms in total. The summed E-state index contributed by atoms with van der Waals surface area (Å²) in [6, 6.07) is 12.4. The number of phenols is 1. The monoisotopic (exact) mass is 271 g/mol. The molecule has 0 aliphatic heterocycles. The fourth-order valence-corrected chi connectivity index (χ4v) is 2.32. The molecule has 0 bridgehead atoms.